The lowest BCUT2D eigenvalue weighted by molar-refractivity contribution is 0.0844. The average Bonchev–Trinajstić information content (AvgIpc) is 3.18. The van der Waals surface area contributed by atoms with Crippen molar-refractivity contribution in [1.82, 2.24) is 24.9 Å². The smallest absolute Gasteiger partial charge is 0.272 e. The van der Waals surface area contributed by atoms with Gasteiger partial charge >= 0.3 is 0 Å². The van der Waals surface area contributed by atoms with Gasteiger partial charge in [-0.25, -0.2) is 9.50 Å². The lowest BCUT2D eigenvalue weighted by Crippen LogP contribution is -2.33. The molecule has 0 spiro atoms. The van der Waals surface area contributed by atoms with E-state index in [4.69, 9.17) is 4.74 Å². The Morgan fingerprint density at radius 3 is 2.79 bits per heavy atom. The van der Waals surface area contributed by atoms with Crippen LogP contribution in [0.25, 0.3) is 5.65 Å². The molecule has 0 aliphatic carbocycles. The van der Waals surface area contributed by atoms with Crippen LogP contribution in [0.15, 0.2) is 41.5 Å². The molecule has 1 saturated heterocycles. The number of aromatic nitrogens is 4. The third-order valence-corrected chi connectivity index (χ3v) is 5.35. The molecule has 0 aromatic carbocycles. The Balaban J connectivity index is 1.65. The highest BCUT2D eigenvalue weighted by molar-refractivity contribution is 5.94. The van der Waals surface area contributed by atoms with E-state index in [0.29, 0.717) is 22.8 Å². The fraction of sp³-hybridized carbons (Fsp3) is 0.429. The topological polar surface area (TPSA) is 101 Å². The van der Waals surface area contributed by atoms with E-state index >= 15 is 0 Å². The van der Waals surface area contributed by atoms with Gasteiger partial charge in [-0.15, -0.1) is 0 Å². The maximum Gasteiger partial charge on any atom is 0.272 e. The van der Waals surface area contributed by atoms with Gasteiger partial charge in [-0.1, -0.05) is 13.8 Å². The van der Waals surface area contributed by atoms with Gasteiger partial charge in [0, 0.05) is 49.4 Å². The first-order valence-corrected chi connectivity index (χ1v) is 9.94. The van der Waals surface area contributed by atoms with Crippen LogP contribution in [-0.2, 0) is 4.74 Å². The fourth-order valence-corrected chi connectivity index (χ4v) is 3.71. The third kappa shape index (κ3) is 4.07. The lowest BCUT2D eigenvalue weighted by Gasteiger charge is -2.21. The van der Waals surface area contributed by atoms with E-state index < -0.39 is 0 Å². The summed E-state index contributed by atoms with van der Waals surface area (Å²) in [7, 11) is 0. The van der Waals surface area contributed by atoms with Crippen LogP contribution < -0.4 is 10.9 Å². The van der Waals surface area contributed by atoms with Crippen molar-refractivity contribution in [3.8, 4) is 0 Å². The molecule has 1 amide bonds. The van der Waals surface area contributed by atoms with Gasteiger partial charge in [0.05, 0.1) is 17.3 Å². The molecule has 2 N–H and O–H groups in total. The Labute approximate surface area is 168 Å². The Morgan fingerprint density at radius 1 is 1.31 bits per heavy atom. The zero-order chi connectivity index (χ0) is 20.4. The second kappa shape index (κ2) is 8.16. The normalized spacial score (nSPS) is 16.2. The average molecular weight is 395 g/mol. The van der Waals surface area contributed by atoms with Gasteiger partial charge < -0.3 is 10.1 Å². The molecule has 0 saturated carbocycles. The molecule has 0 bridgehead atoms. The number of nitrogens with one attached hydrogen (secondary N) is 2. The first-order valence-electron chi connectivity index (χ1n) is 9.94. The summed E-state index contributed by atoms with van der Waals surface area (Å²) in [5.74, 6) is 0.147. The highest BCUT2D eigenvalue weighted by Crippen LogP contribution is 2.26. The van der Waals surface area contributed by atoms with Gasteiger partial charge in [-0.05, 0) is 30.9 Å². The van der Waals surface area contributed by atoms with Gasteiger partial charge in [-0.3, -0.25) is 19.7 Å². The summed E-state index contributed by atoms with van der Waals surface area (Å²) in [6.07, 6.45) is 4.98. The zero-order valence-electron chi connectivity index (χ0n) is 16.6. The summed E-state index contributed by atoms with van der Waals surface area (Å²) in [5.41, 5.74) is 2.40. The Hall–Kier alpha value is -3.00. The quantitative estimate of drug-likeness (QED) is 0.691. The van der Waals surface area contributed by atoms with E-state index in [1.165, 1.54) is 16.8 Å². The second-order valence-corrected chi connectivity index (χ2v) is 7.75. The number of nitrogens with zero attached hydrogens (tertiary/aromatic N) is 3. The van der Waals surface area contributed by atoms with Gasteiger partial charge in [-0.2, -0.15) is 0 Å². The number of fused-ring (bicyclic) bond motifs is 1. The summed E-state index contributed by atoms with van der Waals surface area (Å²) in [5, 5.41) is 6.18. The number of rotatable bonds is 5. The minimum absolute atomic E-state index is 0.0545. The Bertz CT molecular complexity index is 1050. The molecule has 3 aromatic heterocycles. The largest absolute Gasteiger partial charge is 0.381 e. The van der Waals surface area contributed by atoms with E-state index in [0.717, 1.165) is 31.7 Å². The molecule has 4 heterocycles. The van der Waals surface area contributed by atoms with E-state index in [-0.39, 0.29) is 23.4 Å². The number of hydrogen-bond acceptors (Lipinski definition) is 5. The molecular formula is C21H25N5O3. The first kappa shape index (κ1) is 19.3. The molecule has 1 aliphatic rings. The maximum absolute atomic E-state index is 12.7. The van der Waals surface area contributed by atoms with Crippen LogP contribution in [-0.4, -0.2) is 38.7 Å². The summed E-state index contributed by atoms with van der Waals surface area (Å²) >= 11 is 0. The van der Waals surface area contributed by atoms with Crippen molar-refractivity contribution in [2.45, 2.75) is 38.6 Å². The summed E-state index contributed by atoms with van der Waals surface area (Å²) in [6, 6.07) is 6.46. The number of hydrogen-bond donors (Lipinski definition) is 2. The number of pyridine rings is 1. The molecule has 1 aliphatic heterocycles. The van der Waals surface area contributed by atoms with Crippen LogP contribution in [0.4, 0.5) is 0 Å². The van der Waals surface area contributed by atoms with E-state index in [1.807, 2.05) is 19.9 Å². The molecule has 29 heavy (non-hydrogen) atoms. The molecule has 1 atom stereocenters. The number of ether oxygens (including phenoxy) is 1. The van der Waals surface area contributed by atoms with Gasteiger partial charge in [0.2, 0.25) is 0 Å². The summed E-state index contributed by atoms with van der Waals surface area (Å²) in [6.45, 7) is 5.43. The number of amides is 1. The lowest BCUT2D eigenvalue weighted by atomic mass is 9.97. The molecule has 3 aromatic rings. The molecule has 0 radical (unpaired) electrons. The molecule has 8 nitrogen and oxygen atoms in total. The van der Waals surface area contributed by atoms with Crippen molar-refractivity contribution in [2.75, 3.05) is 13.2 Å². The summed E-state index contributed by atoms with van der Waals surface area (Å²) in [4.78, 5) is 34.0. The molecule has 1 unspecified atom stereocenters. The van der Waals surface area contributed by atoms with Gasteiger partial charge in [0.15, 0.2) is 5.65 Å². The van der Waals surface area contributed by atoms with Crippen molar-refractivity contribution < 1.29 is 9.53 Å². The third-order valence-electron chi connectivity index (χ3n) is 5.35. The molecular weight excluding hydrogens is 370 g/mol. The Kier molecular flexibility index (Phi) is 5.44. The van der Waals surface area contributed by atoms with Crippen LogP contribution in [0.5, 0.6) is 0 Å². The van der Waals surface area contributed by atoms with Crippen molar-refractivity contribution in [3.63, 3.8) is 0 Å². The van der Waals surface area contributed by atoms with E-state index in [9.17, 15) is 9.59 Å². The van der Waals surface area contributed by atoms with Crippen LogP contribution in [0.2, 0.25) is 0 Å². The molecule has 1 fully saturated rings. The maximum atomic E-state index is 12.7. The van der Waals surface area contributed by atoms with Gasteiger partial charge in [0.1, 0.15) is 0 Å². The van der Waals surface area contributed by atoms with Crippen molar-refractivity contribution in [1.29, 1.82) is 0 Å². The number of carbonyl (C=O) groups is 1. The zero-order valence-corrected chi connectivity index (χ0v) is 16.6. The minimum Gasteiger partial charge on any atom is -0.381 e. The first-order chi connectivity index (χ1) is 14.0. The van der Waals surface area contributed by atoms with Crippen LogP contribution in [0, 0.1) is 5.92 Å². The van der Waals surface area contributed by atoms with Crippen molar-refractivity contribution in [2.24, 2.45) is 5.92 Å². The standard InChI is InChI=1S/C21H25N5O3/c1-13(2)20(24-21(28)15-4-3-7-22-12-15)17-11-19(27)26-18(23-17)10-16(25-26)14-5-8-29-9-6-14/h3-4,7,10-14,20,25H,5-6,8-9H2,1-2H3,(H,24,28). The summed E-state index contributed by atoms with van der Waals surface area (Å²) < 4.78 is 6.89. The van der Waals surface area contributed by atoms with Gasteiger partial charge in [0.25, 0.3) is 11.5 Å². The SMILES string of the molecule is CC(C)C(NC(=O)c1cccnc1)c1cc(=O)n2[nH]c(C3CCOCC3)cc2n1. The molecule has 152 valence electrons. The number of H-pyrrole nitrogens is 1. The fourth-order valence-electron chi connectivity index (χ4n) is 3.71. The van der Waals surface area contributed by atoms with E-state index in [2.05, 4.69) is 20.4 Å². The van der Waals surface area contributed by atoms with Crippen molar-refractivity contribution >= 4 is 11.6 Å². The second-order valence-electron chi connectivity index (χ2n) is 7.75. The molecule has 8 heteroatoms. The highest BCUT2D eigenvalue weighted by atomic mass is 16.5. The van der Waals surface area contributed by atoms with Crippen LogP contribution in [0.3, 0.4) is 0 Å². The van der Waals surface area contributed by atoms with E-state index in [1.54, 1.807) is 18.3 Å². The Morgan fingerprint density at radius 2 is 2.10 bits per heavy atom. The monoisotopic (exact) mass is 395 g/mol. The van der Waals surface area contributed by atoms with Crippen LogP contribution >= 0.6 is 0 Å². The van der Waals surface area contributed by atoms with Crippen molar-refractivity contribution in [3.05, 3.63) is 64.0 Å². The predicted molar refractivity (Wildman–Crippen MR) is 108 cm³/mol. The predicted octanol–water partition coefficient (Wildman–Crippen LogP) is 2.44. The number of aromatic amines is 1. The number of carbonyl (C=O) groups excluding carboxylic acids is 1. The minimum atomic E-state index is -0.387. The van der Waals surface area contributed by atoms with Crippen LogP contribution in [0.1, 0.15) is 60.4 Å². The molecule has 4 rings (SSSR count). The highest BCUT2D eigenvalue weighted by Gasteiger charge is 2.23.